The number of para-hydroxylation sites is 2. The lowest BCUT2D eigenvalue weighted by Crippen LogP contribution is -2.16. The zero-order valence-electron chi connectivity index (χ0n) is 15.9. The Kier molecular flexibility index (Phi) is 5.39. The smallest absolute Gasteiger partial charge is 0.335 e. The number of carbonyl (C=O) groups is 2. The van der Waals surface area contributed by atoms with Gasteiger partial charge in [0.05, 0.1) is 12.0 Å². The summed E-state index contributed by atoms with van der Waals surface area (Å²) >= 11 is 0. The van der Waals surface area contributed by atoms with Gasteiger partial charge < -0.3 is 14.8 Å². The second-order valence-corrected chi connectivity index (χ2v) is 6.67. The summed E-state index contributed by atoms with van der Waals surface area (Å²) in [5, 5.41) is 12.1. The molecule has 148 valence electrons. The summed E-state index contributed by atoms with van der Waals surface area (Å²) in [4.78, 5) is 28.1. The lowest BCUT2D eigenvalue weighted by atomic mass is 10.0. The number of carboxylic acid groups (broad SMARTS) is 1. The molecular weight excluding hydrogens is 380 g/mol. The van der Waals surface area contributed by atoms with E-state index < -0.39 is 5.97 Å². The van der Waals surface area contributed by atoms with Crippen LogP contribution in [0, 0.1) is 0 Å². The van der Waals surface area contributed by atoms with Crippen LogP contribution in [0.25, 0.3) is 23.3 Å². The monoisotopic (exact) mass is 398 g/mol. The van der Waals surface area contributed by atoms with Crippen LogP contribution in [0.3, 0.4) is 0 Å². The second kappa shape index (κ2) is 8.45. The van der Waals surface area contributed by atoms with Crippen LogP contribution in [0.1, 0.15) is 27.4 Å². The zero-order chi connectivity index (χ0) is 20.9. The Balaban J connectivity index is 1.45. The van der Waals surface area contributed by atoms with Gasteiger partial charge in [-0.1, -0.05) is 42.5 Å². The molecule has 6 nitrogen and oxygen atoms in total. The number of hydrogen-bond donors (Lipinski definition) is 2. The van der Waals surface area contributed by atoms with Gasteiger partial charge in [-0.05, 0) is 47.5 Å². The molecule has 6 heteroatoms. The highest BCUT2D eigenvalue weighted by molar-refractivity contribution is 5.96. The van der Waals surface area contributed by atoms with E-state index in [1.165, 1.54) is 6.07 Å². The number of aromatic nitrogens is 1. The number of anilines is 1. The van der Waals surface area contributed by atoms with Crippen LogP contribution in [-0.2, 0) is 11.2 Å². The average Bonchev–Trinajstić information content (AvgIpc) is 3.16. The minimum Gasteiger partial charge on any atom is -0.478 e. The lowest BCUT2D eigenvalue weighted by Gasteiger charge is -2.08. The summed E-state index contributed by atoms with van der Waals surface area (Å²) in [5.74, 6) is -0.843. The maximum atomic E-state index is 12.4. The number of benzene rings is 3. The second-order valence-electron chi connectivity index (χ2n) is 6.67. The first-order chi connectivity index (χ1) is 14.6. The van der Waals surface area contributed by atoms with Crippen molar-refractivity contribution in [3.8, 4) is 0 Å². The van der Waals surface area contributed by atoms with Crippen LogP contribution in [0.4, 0.5) is 5.69 Å². The molecule has 0 radical (unpaired) electrons. The average molecular weight is 398 g/mol. The molecule has 30 heavy (non-hydrogen) atoms. The summed E-state index contributed by atoms with van der Waals surface area (Å²) < 4.78 is 5.67. The molecule has 1 heterocycles. The molecule has 0 aliphatic carbocycles. The fourth-order valence-corrected chi connectivity index (χ4v) is 3.11. The Bertz CT molecular complexity index is 1220. The number of amides is 1. The quantitative estimate of drug-likeness (QED) is 0.483. The Hall–Kier alpha value is -4.19. The van der Waals surface area contributed by atoms with E-state index in [9.17, 15) is 14.7 Å². The Morgan fingerprint density at radius 1 is 0.967 bits per heavy atom. The van der Waals surface area contributed by atoms with Crippen molar-refractivity contribution in [2.24, 2.45) is 0 Å². The van der Waals surface area contributed by atoms with Crippen LogP contribution < -0.4 is 5.32 Å². The molecule has 4 aromatic rings. The van der Waals surface area contributed by atoms with Crippen LogP contribution in [-0.4, -0.2) is 22.0 Å². The van der Waals surface area contributed by atoms with Crippen molar-refractivity contribution in [2.45, 2.75) is 6.42 Å². The van der Waals surface area contributed by atoms with Gasteiger partial charge in [0, 0.05) is 11.8 Å². The number of nitrogens with one attached hydrogen (secondary N) is 1. The summed E-state index contributed by atoms with van der Waals surface area (Å²) in [6.07, 6.45) is 3.59. The number of rotatable bonds is 6. The highest BCUT2D eigenvalue weighted by Crippen LogP contribution is 2.18. The van der Waals surface area contributed by atoms with Crippen molar-refractivity contribution in [2.75, 3.05) is 5.32 Å². The van der Waals surface area contributed by atoms with Gasteiger partial charge in [-0.15, -0.1) is 0 Å². The zero-order valence-corrected chi connectivity index (χ0v) is 15.9. The summed E-state index contributed by atoms with van der Waals surface area (Å²) in [5.41, 5.74) is 3.59. The summed E-state index contributed by atoms with van der Waals surface area (Å²) in [6.45, 7) is 0. The first kappa shape index (κ1) is 19.1. The van der Waals surface area contributed by atoms with Crippen molar-refractivity contribution in [1.82, 2.24) is 4.98 Å². The van der Waals surface area contributed by atoms with Gasteiger partial charge in [-0.2, -0.15) is 0 Å². The van der Waals surface area contributed by atoms with Crippen molar-refractivity contribution in [1.29, 1.82) is 0 Å². The summed E-state index contributed by atoms with van der Waals surface area (Å²) in [7, 11) is 0. The van der Waals surface area contributed by atoms with Gasteiger partial charge in [0.1, 0.15) is 5.52 Å². The Morgan fingerprint density at radius 3 is 2.60 bits per heavy atom. The van der Waals surface area contributed by atoms with Crippen molar-refractivity contribution in [3.63, 3.8) is 0 Å². The largest absolute Gasteiger partial charge is 0.478 e. The van der Waals surface area contributed by atoms with Gasteiger partial charge in [0.25, 0.3) is 0 Å². The highest BCUT2D eigenvalue weighted by Gasteiger charge is 2.12. The maximum absolute atomic E-state index is 12.4. The van der Waals surface area contributed by atoms with E-state index in [-0.39, 0.29) is 17.9 Å². The molecular formula is C24H18N2O4. The number of carbonyl (C=O) groups excluding carboxylic acids is 1. The molecule has 0 unspecified atom stereocenters. The molecule has 0 saturated heterocycles. The van der Waals surface area contributed by atoms with Crippen molar-refractivity contribution < 1.29 is 19.1 Å². The van der Waals surface area contributed by atoms with E-state index in [0.29, 0.717) is 17.1 Å². The lowest BCUT2D eigenvalue weighted by molar-refractivity contribution is -0.115. The molecule has 1 aromatic heterocycles. The van der Waals surface area contributed by atoms with Crippen LogP contribution in [0.5, 0.6) is 0 Å². The van der Waals surface area contributed by atoms with Gasteiger partial charge >= 0.3 is 5.97 Å². The number of aromatic carboxylic acids is 1. The molecule has 0 aliphatic rings. The molecule has 0 saturated carbocycles. The molecule has 0 fully saturated rings. The number of oxazole rings is 1. The maximum Gasteiger partial charge on any atom is 0.335 e. The van der Waals surface area contributed by atoms with Crippen molar-refractivity contribution >= 4 is 40.8 Å². The first-order valence-electron chi connectivity index (χ1n) is 9.33. The van der Waals surface area contributed by atoms with Crippen LogP contribution >= 0.6 is 0 Å². The van der Waals surface area contributed by atoms with Crippen LogP contribution in [0.2, 0.25) is 0 Å². The van der Waals surface area contributed by atoms with E-state index in [4.69, 9.17) is 4.42 Å². The standard InChI is InChI=1S/C24H18N2O4/c27-22(15-17-7-1-2-9-19(17)24(28)29)25-18-8-5-6-16(14-18)12-13-23-26-20-10-3-4-11-21(20)30-23/h1-14H,15H2,(H,25,27)(H,28,29). The molecule has 4 rings (SSSR count). The minimum atomic E-state index is -1.05. The predicted octanol–water partition coefficient (Wildman–Crippen LogP) is 4.88. The van der Waals surface area contributed by atoms with E-state index in [1.54, 1.807) is 30.3 Å². The molecule has 3 aromatic carbocycles. The molecule has 1 amide bonds. The summed E-state index contributed by atoms with van der Waals surface area (Å²) in [6, 6.07) is 21.3. The van der Waals surface area contributed by atoms with Gasteiger partial charge in [0.15, 0.2) is 5.58 Å². The molecule has 2 N–H and O–H groups in total. The molecule has 0 atom stereocenters. The number of carboxylic acids is 1. The first-order valence-corrected chi connectivity index (χ1v) is 9.33. The van der Waals surface area contributed by atoms with E-state index in [0.717, 1.165) is 16.7 Å². The third-order valence-electron chi connectivity index (χ3n) is 4.50. The SMILES string of the molecule is O=C(Cc1ccccc1C(=O)O)Nc1cccc(C=Cc2nc3ccccc3o2)c1. The predicted molar refractivity (Wildman–Crippen MR) is 115 cm³/mol. The number of hydrogen-bond acceptors (Lipinski definition) is 4. The fourth-order valence-electron chi connectivity index (χ4n) is 3.11. The third kappa shape index (κ3) is 4.44. The van der Waals surface area contributed by atoms with E-state index in [2.05, 4.69) is 10.3 Å². The Morgan fingerprint density at radius 2 is 1.77 bits per heavy atom. The number of fused-ring (bicyclic) bond motifs is 1. The third-order valence-corrected chi connectivity index (χ3v) is 4.50. The van der Waals surface area contributed by atoms with Crippen LogP contribution in [0.15, 0.2) is 77.2 Å². The molecule has 0 aliphatic heterocycles. The van der Waals surface area contributed by atoms with E-state index in [1.807, 2.05) is 48.5 Å². The molecule has 0 bridgehead atoms. The normalized spacial score (nSPS) is 11.1. The minimum absolute atomic E-state index is 0.0224. The topological polar surface area (TPSA) is 92.4 Å². The number of nitrogens with zero attached hydrogens (tertiary/aromatic N) is 1. The Labute approximate surface area is 172 Å². The van der Waals surface area contributed by atoms with Gasteiger partial charge in [0.2, 0.25) is 11.8 Å². The fraction of sp³-hybridized carbons (Fsp3) is 0.0417. The van der Waals surface area contributed by atoms with Gasteiger partial charge in [-0.25, -0.2) is 9.78 Å². The van der Waals surface area contributed by atoms with Crippen molar-refractivity contribution in [3.05, 3.63) is 95.4 Å². The van der Waals surface area contributed by atoms with E-state index >= 15 is 0 Å². The van der Waals surface area contributed by atoms with Gasteiger partial charge in [-0.3, -0.25) is 4.79 Å². The molecule has 0 spiro atoms. The highest BCUT2D eigenvalue weighted by atomic mass is 16.4.